The fourth-order valence-corrected chi connectivity index (χ4v) is 2.64. The summed E-state index contributed by atoms with van der Waals surface area (Å²) in [6.07, 6.45) is 1.74. The van der Waals surface area contributed by atoms with Crippen molar-refractivity contribution in [1.82, 2.24) is 4.90 Å². The number of ketones is 1. The average molecular weight is 259 g/mol. The molecule has 1 saturated heterocycles. The monoisotopic (exact) mass is 259 g/mol. The van der Waals surface area contributed by atoms with E-state index in [1.807, 2.05) is 45.0 Å². The molecule has 1 heterocycles. The largest absolute Gasteiger partial charge is 0.330 e. The van der Waals surface area contributed by atoms with Crippen LogP contribution in [-0.4, -0.2) is 28.7 Å². The first-order valence-corrected chi connectivity index (χ1v) is 6.81. The predicted octanol–water partition coefficient (Wildman–Crippen LogP) is 2.51. The van der Waals surface area contributed by atoms with Crippen molar-refractivity contribution < 1.29 is 9.59 Å². The summed E-state index contributed by atoms with van der Waals surface area (Å²) >= 11 is 0. The van der Waals surface area contributed by atoms with Gasteiger partial charge in [0.1, 0.15) is 0 Å². The molecule has 19 heavy (non-hydrogen) atoms. The number of aryl methyl sites for hydroxylation is 1. The summed E-state index contributed by atoms with van der Waals surface area (Å²) in [4.78, 5) is 26.2. The summed E-state index contributed by atoms with van der Waals surface area (Å²) in [5, 5.41) is 0. The number of likely N-dealkylation sites (tertiary alicyclic amines) is 1. The second kappa shape index (κ2) is 5.16. The minimum atomic E-state index is -0.655. The van der Waals surface area contributed by atoms with Crippen molar-refractivity contribution in [3.63, 3.8) is 0 Å². The summed E-state index contributed by atoms with van der Waals surface area (Å²) in [6, 6.07) is 7.90. The molecule has 3 nitrogen and oxygen atoms in total. The van der Waals surface area contributed by atoms with Crippen LogP contribution in [0.3, 0.4) is 0 Å². The molecule has 0 aliphatic carbocycles. The van der Waals surface area contributed by atoms with Crippen LogP contribution in [0.1, 0.15) is 37.8 Å². The second-order valence-electron chi connectivity index (χ2n) is 5.73. The Kier molecular flexibility index (Phi) is 3.74. The minimum absolute atomic E-state index is 0.0485. The zero-order chi connectivity index (χ0) is 14.0. The Morgan fingerprint density at radius 1 is 1.32 bits per heavy atom. The number of carbonyl (C=O) groups is 2. The highest BCUT2D eigenvalue weighted by Crippen LogP contribution is 2.25. The molecule has 0 saturated carbocycles. The van der Waals surface area contributed by atoms with Crippen molar-refractivity contribution in [3.05, 3.63) is 35.4 Å². The van der Waals surface area contributed by atoms with Crippen LogP contribution in [0.25, 0.3) is 0 Å². The lowest BCUT2D eigenvalue weighted by Gasteiger charge is -2.41. The highest BCUT2D eigenvalue weighted by molar-refractivity contribution is 5.93. The van der Waals surface area contributed by atoms with Gasteiger partial charge in [0.15, 0.2) is 5.78 Å². The normalized spacial score (nSPS) is 18.5. The van der Waals surface area contributed by atoms with Gasteiger partial charge < -0.3 is 4.90 Å². The molecule has 0 atom stereocenters. The van der Waals surface area contributed by atoms with Gasteiger partial charge in [-0.15, -0.1) is 0 Å². The Labute approximate surface area is 114 Å². The molecular weight excluding hydrogens is 238 g/mol. The fraction of sp³-hybridized carbons (Fsp3) is 0.500. The first-order valence-electron chi connectivity index (χ1n) is 6.81. The lowest BCUT2D eigenvalue weighted by Crippen LogP contribution is -2.56. The van der Waals surface area contributed by atoms with Crippen LogP contribution >= 0.6 is 0 Å². The van der Waals surface area contributed by atoms with Crippen LogP contribution in [0.4, 0.5) is 0 Å². The van der Waals surface area contributed by atoms with Gasteiger partial charge >= 0.3 is 0 Å². The number of rotatable bonds is 2. The van der Waals surface area contributed by atoms with Crippen molar-refractivity contribution in [3.8, 4) is 0 Å². The van der Waals surface area contributed by atoms with E-state index < -0.39 is 5.54 Å². The summed E-state index contributed by atoms with van der Waals surface area (Å²) < 4.78 is 0. The maximum atomic E-state index is 12.5. The lowest BCUT2D eigenvalue weighted by molar-refractivity contribution is -0.147. The topological polar surface area (TPSA) is 37.4 Å². The Hall–Kier alpha value is -1.64. The standard InChI is InChI=1S/C16H21NO2/c1-12-7-4-5-8-13(12)11-15(19)17-10-6-9-14(18)16(17,2)3/h4-5,7-8H,6,9-11H2,1-3H3. The summed E-state index contributed by atoms with van der Waals surface area (Å²) in [6.45, 7) is 6.40. The third-order valence-electron chi connectivity index (χ3n) is 4.05. The molecule has 1 amide bonds. The molecular formula is C16H21NO2. The number of nitrogens with zero attached hydrogens (tertiary/aromatic N) is 1. The van der Waals surface area contributed by atoms with E-state index in [9.17, 15) is 9.59 Å². The third-order valence-corrected chi connectivity index (χ3v) is 4.05. The fourth-order valence-electron chi connectivity index (χ4n) is 2.64. The third kappa shape index (κ3) is 2.70. The molecule has 0 unspecified atom stereocenters. The number of piperidine rings is 1. The van der Waals surface area contributed by atoms with Gasteiger partial charge in [-0.3, -0.25) is 9.59 Å². The highest BCUT2D eigenvalue weighted by atomic mass is 16.2. The molecule has 0 aromatic heterocycles. The molecule has 0 bridgehead atoms. The smallest absolute Gasteiger partial charge is 0.227 e. The van der Waals surface area contributed by atoms with Gasteiger partial charge in [0.2, 0.25) is 5.91 Å². The van der Waals surface area contributed by atoms with Gasteiger partial charge in [-0.05, 0) is 38.3 Å². The van der Waals surface area contributed by atoms with Crippen molar-refractivity contribution >= 4 is 11.7 Å². The number of benzene rings is 1. The van der Waals surface area contributed by atoms with E-state index in [0.717, 1.165) is 17.5 Å². The summed E-state index contributed by atoms with van der Waals surface area (Å²) in [5.74, 6) is 0.212. The molecule has 0 N–H and O–H groups in total. The maximum Gasteiger partial charge on any atom is 0.227 e. The molecule has 3 heteroatoms. The number of Topliss-reactive ketones (excluding diaryl/α,β-unsaturated/α-hetero) is 1. The summed E-state index contributed by atoms with van der Waals surface area (Å²) in [7, 11) is 0. The Morgan fingerprint density at radius 3 is 2.68 bits per heavy atom. The van der Waals surface area contributed by atoms with Gasteiger partial charge in [-0.25, -0.2) is 0 Å². The van der Waals surface area contributed by atoms with Gasteiger partial charge in [-0.2, -0.15) is 0 Å². The van der Waals surface area contributed by atoms with Crippen molar-refractivity contribution in [2.75, 3.05) is 6.54 Å². The molecule has 1 fully saturated rings. The Morgan fingerprint density at radius 2 is 2.00 bits per heavy atom. The molecule has 102 valence electrons. The number of carbonyl (C=O) groups excluding carboxylic acids is 2. The van der Waals surface area contributed by atoms with Gasteiger partial charge in [0.25, 0.3) is 0 Å². The van der Waals surface area contributed by atoms with Gasteiger partial charge in [0.05, 0.1) is 12.0 Å². The van der Waals surface area contributed by atoms with E-state index in [1.54, 1.807) is 4.90 Å². The SMILES string of the molecule is Cc1ccccc1CC(=O)N1CCCC(=O)C1(C)C. The van der Waals surface area contributed by atoms with Gasteiger partial charge in [-0.1, -0.05) is 24.3 Å². The first kappa shape index (κ1) is 13.8. The Balaban J connectivity index is 2.16. The maximum absolute atomic E-state index is 12.5. The van der Waals surface area contributed by atoms with E-state index >= 15 is 0 Å². The molecule has 1 aromatic rings. The number of amides is 1. The quantitative estimate of drug-likeness (QED) is 0.818. The molecule has 1 aliphatic rings. The van der Waals surface area contributed by atoms with Crippen molar-refractivity contribution in [2.24, 2.45) is 0 Å². The first-order chi connectivity index (χ1) is 8.93. The lowest BCUT2D eigenvalue weighted by atomic mass is 9.88. The summed E-state index contributed by atoms with van der Waals surface area (Å²) in [5.41, 5.74) is 1.51. The molecule has 2 rings (SSSR count). The van der Waals surface area contributed by atoms with Crippen LogP contribution in [-0.2, 0) is 16.0 Å². The van der Waals surface area contributed by atoms with E-state index in [0.29, 0.717) is 19.4 Å². The highest BCUT2D eigenvalue weighted by Gasteiger charge is 2.39. The van der Waals surface area contributed by atoms with Crippen molar-refractivity contribution in [1.29, 1.82) is 0 Å². The second-order valence-corrected chi connectivity index (χ2v) is 5.73. The molecule has 0 spiro atoms. The van der Waals surface area contributed by atoms with Gasteiger partial charge in [0, 0.05) is 13.0 Å². The minimum Gasteiger partial charge on any atom is -0.330 e. The van der Waals surface area contributed by atoms with E-state index in [4.69, 9.17) is 0 Å². The Bertz CT molecular complexity index is 505. The van der Waals surface area contributed by atoms with Crippen LogP contribution < -0.4 is 0 Å². The van der Waals surface area contributed by atoms with E-state index in [1.165, 1.54) is 0 Å². The van der Waals surface area contributed by atoms with E-state index in [-0.39, 0.29) is 11.7 Å². The van der Waals surface area contributed by atoms with Crippen LogP contribution in [0, 0.1) is 6.92 Å². The predicted molar refractivity (Wildman–Crippen MR) is 74.9 cm³/mol. The van der Waals surface area contributed by atoms with Crippen LogP contribution in [0.15, 0.2) is 24.3 Å². The van der Waals surface area contributed by atoms with Crippen LogP contribution in [0.2, 0.25) is 0 Å². The zero-order valence-corrected chi connectivity index (χ0v) is 11.9. The average Bonchev–Trinajstić information content (AvgIpc) is 2.35. The van der Waals surface area contributed by atoms with Crippen LogP contribution in [0.5, 0.6) is 0 Å². The van der Waals surface area contributed by atoms with E-state index in [2.05, 4.69) is 0 Å². The van der Waals surface area contributed by atoms with Crippen molar-refractivity contribution in [2.45, 2.75) is 45.6 Å². The molecule has 1 aliphatic heterocycles. The zero-order valence-electron chi connectivity index (χ0n) is 11.9. The number of hydrogen-bond donors (Lipinski definition) is 0. The molecule has 0 radical (unpaired) electrons. The number of hydrogen-bond acceptors (Lipinski definition) is 2. The molecule has 1 aromatic carbocycles.